The van der Waals surface area contributed by atoms with Crippen LogP contribution in [0.1, 0.15) is 46.0 Å². The summed E-state index contributed by atoms with van der Waals surface area (Å²) in [6.07, 6.45) is 1.54. The molecular weight excluding hydrogens is 247 g/mol. The highest BCUT2D eigenvalue weighted by molar-refractivity contribution is 7.87. The van der Waals surface area contributed by atoms with Gasteiger partial charge in [-0.2, -0.15) is 8.42 Å². The Balaban J connectivity index is 2.98. The van der Waals surface area contributed by atoms with Gasteiger partial charge in [-0.05, 0) is 12.8 Å². The summed E-state index contributed by atoms with van der Waals surface area (Å²) in [5.74, 6) is -1.68. The monoisotopic (exact) mass is 266 g/mol. The second-order valence-electron chi connectivity index (χ2n) is 5.04. The number of carbonyl (C=O) groups excluding carboxylic acids is 1. The third kappa shape index (κ3) is 3.04. The van der Waals surface area contributed by atoms with Crippen LogP contribution in [-0.4, -0.2) is 23.8 Å². The summed E-state index contributed by atoms with van der Waals surface area (Å²) in [4.78, 5) is 11.5. The van der Waals surface area contributed by atoms with E-state index >= 15 is 0 Å². The SMILES string of the molecule is CC(C)C(=O)CC(F)(C1CCCC1)S(=O)(=O)O. The minimum absolute atomic E-state index is 0.404. The fourth-order valence-electron chi connectivity index (χ4n) is 2.24. The van der Waals surface area contributed by atoms with Gasteiger partial charge in [0.1, 0.15) is 5.78 Å². The summed E-state index contributed by atoms with van der Waals surface area (Å²) in [7, 11) is -4.86. The Morgan fingerprint density at radius 1 is 1.41 bits per heavy atom. The molecule has 1 rings (SSSR count). The molecule has 0 spiro atoms. The third-order valence-corrected chi connectivity index (χ3v) is 4.79. The van der Waals surface area contributed by atoms with Crippen LogP contribution in [-0.2, 0) is 14.9 Å². The summed E-state index contributed by atoms with van der Waals surface area (Å²) < 4.78 is 46.1. The second-order valence-corrected chi connectivity index (χ2v) is 6.67. The molecule has 0 amide bonds. The van der Waals surface area contributed by atoms with Crippen molar-refractivity contribution in [3.05, 3.63) is 0 Å². The molecule has 0 saturated heterocycles. The van der Waals surface area contributed by atoms with E-state index in [-0.39, 0.29) is 0 Å². The number of hydrogen-bond donors (Lipinski definition) is 1. The highest BCUT2D eigenvalue weighted by Gasteiger charge is 2.52. The Morgan fingerprint density at radius 2 is 1.88 bits per heavy atom. The van der Waals surface area contributed by atoms with Crippen LogP contribution in [0.2, 0.25) is 0 Å². The number of ketones is 1. The average Bonchev–Trinajstić information content (AvgIpc) is 2.68. The van der Waals surface area contributed by atoms with Crippen molar-refractivity contribution in [2.75, 3.05) is 0 Å². The molecule has 6 heteroatoms. The quantitative estimate of drug-likeness (QED) is 0.775. The Morgan fingerprint density at radius 3 is 2.24 bits per heavy atom. The van der Waals surface area contributed by atoms with Crippen molar-refractivity contribution in [1.29, 1.82) is 0 Å². The van der Waals surface area contributed by atoms with E-state index in [4.69, 9.17) is 4.55 Å². The van der Waals surface area contributed by atoms with Crippen LogP contribution >= 0.6 is 0 Å². The number of hydrogen-bond acceptors (Lipinski definition) is 3. The molecule has 1 aliphatic carbocycles. The first-order valence-corrected chi connectivity index (χ1v) is 7.31. The van der Waals surface area contributed by atoms with Crippen LogP contribution in [0.3, 0.4) is 0 Å². The maximum absolute atomic E-state index is 14.6. The van der Waals surface area contributed by atoms with Crippen molar-refractivity contribution < 1.29 is 22.2 Å². The van der Waals surface area contributed by atoms with E-state index in [1.165, 1.54) is 0 Å². The Labute approximate surface area is 101 Å². The minimum atomic E-state index is -4.86. The number of rotatable bonds is 5. The summed E-state index contributed by atoms with van der Waals surface area (Å²) >= 11 is 0. The van der Waals surface area contributed by atoms with Gasteiger partial charge in [0.15, 0.2) is 0 Å². The topological polar surface area (TPSA) is 71.4 Å². The molecule has 1 N–H and O–H groups in total. The average molecular weight is 266 g/mol. The van der Waals surface area contributed by atoms with Gasteiger partial charge in [0.25, 0.3) is 0 Å². The van der Waals surface area contributed by atoms with Gasteiger partial charge in [0.05, 0.1) is 6.42 Å². The van der Waals surface area contributed by atoms with E-state index in [0.717, 1.165) is 12.8 Å². The molecule has 100 valence electrons. The van der Waals surface area contributed by atoms with E-state index in [1.54, 1.807) is 13.8 Å². The molecule has 17 heavy (non-hydrogen) atoms. The van der Waals surface area contributed by atoms with E-state index in [1.807, 2.05) is 0 Å². The number of alkyl halides is 1. The van der Waals surface area contributed by atoms with E-state index in [2.05, 4.69) is 0 Å². The van der Waals surface area contributed by atoms with E-state index < -0.39 is 39.2 Å². The molecule has 1 fully saturated rings. The summed E-state index contributed by atoms with van der Waals surface area (Å²) in [5, 5.41) is -2.80. The molecule has 0 heterocycles. The molecule has 1 aliphatic rings. The van der Waals surface area contributed by atoms with Crippen molar-refractivity contribution in [2.45, 2.75) is 51.0 Å². The largest absolute Gasteiger partial charge is 0.301 e. The molecule has 0 aromatic rings. The lowest BCUT2D eigenvalue weighted by Gasteiger charge is -2.28. The Kier molecular flexibility index (Phi) is 4.30. The molecule has 1 saturated carbocycles. The van der Waals surface area contributed by atoms with Gasteiger partial charge < -0.3 is 0 Å². The molecule has 0 radical (unpaired) electrons. The van der Waals surface area contributed by atoms with Crippen LogP contribution in [0.25, 0.3) is 0 Å². The predicted molar refractivity (Wildman–Crippen MR) is 61.8 cm³/mol. The van der Waals surface area contributed by atoms with Crippen molar-refractivity contribution in [3.63, 3.8) is 0 Å². The maximum atomic E-state index is 14.6. The van der Waals surface area contributed by atoms with Crippen molar-refractivity contribution in [2.24, 2.45) is 11.8 Å². The van der Waals surface area contributed by atoms with Crippen molar-refractivity contribution in [3.8, 4) is 0 Å². The Hall–Kier alpha value is -0.490. The maximum Gasteiger partial charge on any atom is 0.301 e. The molecule has 0 aromatic carbocycles. The standard InChI is InChI=1S/C11H19FO4S/c1-8(2)10(13)7-11(12,17(14,15)16)9-5-3-4-6-9/h8-9H,3-7H2,1-2H3,(H,14,15,16). The fraction of sp³-hybridized carbons (Fsp3) is 0.909. The van der Waals surface area contributed by atoms with E-state index in [9.17, 15) is 17.6 Å². The van der Waals surface area contributed by atoms with Crippen LogP contribution < -0.4 is 0 Å². The van der Waals surface area contributed by atoms with E-state index in [0.29, 0.717) is 12.8 Å². The molecule has 0 aliphatic heterocycles. The zero-order valence-corrected chi connectivity index (χ0v) is 11.0. The van der Waals surface area contributed by atoms with Gasteiger partial charge in [-0.1, -0.05) is 26.7 Å². The van der Waals surface area contributed by atoms with Crippen LogP contribution in [0, 0.1) is 11.8 Å². The van der Waals surface area contributed by atoms with Gasteiger partial charge in [-0.25, -0.2) is 4.39 Å². The number of Topliss-reactive ketones (excluding diaryl/α,β-unsaturated/α-hetero) is 1. The number of halogens is 1. The lowest BCUT2D eigenvalue weighted by atomic mass is 9.93. The predicted octanol–water partition coefficient (Wildman–Crippen LogP) is 2.35. The van der Waals surface area contributed by atoms with Crippen molar-refractivity contribution in [1.82, 2.24) is 0 Å². The van der Waals surface area contributed by atoms with Gasteiger partial charge in [0.2, 0.25) is 5.00 Å². The van der Waals surface area contributed by atoms with Crippen LogP contribution in [0.5, 0.6) is 0 Å². The molecular formula is C11H19FO4S. The normalized spacial score (nSPS) is 21.7. The van der Waals surface area contributed by atoms with Gasteiger partial charge >= 0.3 is 10.1 Å². The first kappa shape index (κ1) is 14.6. The Bertz CT molecular complexity index is 384. The first-order chi connectivity index (χ1) is 7.68. The molecule has 0 bridgehead atoms. The highest BCUT2D eigenvalue weighted by atomic mass is 32.2. The molecule has 1 atom stereocenters. The summed E-state index contributed by atoms with van der Waals surface area (Å²) in [6.45, 7) is 3.17. The molecule has 1 unspecified atom stereocenters. The zero-order valence-electron chi connectivity index (χ0n) is 10.1. The third-order valence-electron chi connectivity index (χ3n) is 3.45. The summed E-state index contributed by atoms with van der Waals surface area (Å²) in [6, 6.07) is 0. The fourth-order valence-corrected chi connectivity index (χ4v) is 3.23. The number of carbonyl (C=O) groups is 1. The van der Waals surface area contributed by atoms with Gasteiger partial charge in [-0.15, -0.1) is 0 Å². The van der Waals surface area contributed by atoms with Crippen molar-refractivity contribution >= 4 is 15.9 Å². The van der Waals surface area contributed by atoms with Crippen LogP contribution in [0.15, 0.2) is 0 Å². The molecule has 4 nitrogen and oxygen atoms in total. The lowest BCUT2D eigenvalue weighted by molar-refractivity contribution is -0.124. The highest BCUT2D eigenvalue weighted by Crippen LogP contribution is 2.42. The minimum Gasteiger partial charge on any atom is -0.299 e. The van der Waals surface area contributed by atoms with Crippen LogP contribution in [0.4, 0.5) is 4.39 Å². The van der Waals surface area contributed by atoms with Gasteiger partial charge in [-0.3, -0.25) is 9.35 Å². The summed E-state index contributed by atoms with van der Waals surface area (Å²) in [5.41, 5.74) is 0. The smallest absolute Gasteiger partial charge is 0.299 e. The lowest BCUT2D eigenvalue weighted by Crippen LogP contribution is -2.43. The molecule has 0 aromatic heterocycles. The van der Waals surface area contributed by atoms with Gasteiger partial charge in [0, 0.05) is 11.8 Å². The zero-order chi connectivity index (χ0) is 13.3. The second kappa shape index (κ2) is 5.02. The first-order valence-electron chi connectivity index (χ1n) is 5.87.